The number of amides is 1. The van der Waals surface area contributed by atoms with E-state index in [2.05, 4.69) is 5.32 Å². The van der Waals surface area contributed by atoms with E-state index >= 15 is 0 Å². The molecule has 0 aromatic heterocycles. The summed E-state index contributed by atoms with van der Waals surface area (Å²) in [6, 6.07) is 2.38. The van der Waals surface area contributed by atoms with Crippen LogP contribution in [0.25, 0.3) is 0 Å². The van der Waals surface area contributed by atoms with Crippen molar-refractivity contribution in [2.75, 3.05) is 5.32 Å². The predicted molar refractivity (Wildman–Crippen MR) is 58.8 cm³/mol. The molecule has 0 saturated carbocycles. The molecule has 0 aliphatic heterocycles. The van der Waals surface area contributed by atoms with E-state index in [0.717, 1.165) is 6.07 Å². The van der Waals surface area contributed by atoms with E-state index in [1.807, 2.05) is 0 Å². The Hall–Kier alpha value is -2.51. The Balaban J connectivity index is 3.54. The fourth-order valence-corrected chi connectivity index (χ4v) is 1.35. The number of hydrogen-bond donors (Lipinski definition) is 1. The van der Waals surface area contributed by atoms with Gasteiger partial charge in [0.25, 0.3) is 0 Å². The molecule has 1 N–H and O–H groups in total. The van der Waals surface area contributed by atoms with E-state index in [4.69, 9.17) is 0 Å². The summed E-state index contributed by atoms with van der Waals surface area (Å²) in [5, 5.41) is 23.7. The monoisotopic (exact) mass is 239 g/mol. The molecule has 0 radical (unpaired) electrons. The fraction of sp³-hybridized carbons (Fsp3) is 0.222. The first kappa shape index (κ1) is 12.6. The number of nitro groups is 2. The van der Waals surface area contributed by atoms with Gasteiger partial charge in [0, 0.05) is 13.0 Å². The van der Waals surface area contributed by atoms with Crippen LogP contribution >= 0.6 is 0 Å². The second-order valence-corrected chi connectivity index (χ2v) is 3.32. The lowest BCUT2D eigenvalue weighted by Crippen LogP contribution is -2.10. The molecule has 0 saturated heterocycles. The van der Waals surface area contributed by atoms with Crippen LogP contribution in [-0.2, 0) is 4.79 Å². The number of carbonyl (C=O) groups is 1. The zero-order valence-corrected chi connectivity index (χ0v) is 9.09. The zero-order valence-electron chi connectivity index (χ0n) is 9.09. The average molecular weight is 239 g/mol. The maximum Gasteiger partial charge on any atom is 0.369 e. The van der Waals surface area contributed by atoms with Crippen molar-refractivity contribution in [1.82, 2.24) is 0 Å². The standard InChI is InChI=1S/C9H9N3O5/c1-5-3-4-7(11(14)15)9(12(16)17)8(5)10-6(2)13/h3-4H,1-2H3,(H,10,13). The molecular weight excluding hydrogens is 230 g/mol. The Morgan fingerprint density at radius 2 is 1.82 bits per heavy atom. The first-order valence-electron chi connectivity index (χ1n) is 4.54. The fourth-order valence-electron chi connectivity index (χ4n) is 1.35. The highest BCUT2D eigenvalue weighted by Crippen LogP contribution is 2.36. The summed E-state index contributed by atoms with van der Waals surface area (Å²) in [5.41, 5.74) is -1.11. The quantitative estimate of drug-likeness (QED) is 0.637. The molecule has 0 bridgehead atoms. The lowest BCUT2D eigenvalue weighted by atomic mass is 10.1. The van der Waals surface area contributed by atoms with Gasteiger partial charge < -0.3 is 5.32 Å². The predicted octanol–water partition coefficient (Wildman–Crippen LogP) is 1.77. The van der Waals surface area contributed by atoms with Crippen molar-refractivity contribution >= 4 is 23.0 Å². The zero-order chi connectivity index (χ0) is 13.2. The van der Waals surface area contributed by atoms with Crippen LogP contribution in [0.3, 0.4) is 0 Å². The molecule has 0 spiro atoms. The second-order valence-electron chi connectivity index (χ2n) is 3.32. The highest BCUT2D eigenvalue weighted by atomic mass is 16.6. The lowest BCUT2D eigenvalue weighted by molar-refractivity contribution is -0.421. The largest absolute Gasteiger partial charge is 0.369 e. The number of nitrogens with zero attached hydrogens (tertiary/aromatic N) is 2. The van der Waals surface area contributed by atoms with Crippen molar-refractivity contribution in [3.63, 3.8) is 0 Å². The minimum absolute atomic E-state index is 0.142. The van der Waals surface area contributed by atoms with Crippen LogP contribution in [0, 0.1) is 27.2 Å². The summed E-state index contributed by atoms with van der Waals surface area (Å²) in [6.07, 6.45) is 0. The van der Waals surface area contributed by atoms with Gasteiger partial charge in [-0.25, -0.2) is 0 Å². The smallest absolute Gasteiger partial charge is 0.320 e. The van der Waals surface area contributed by atoms with Gasteiger partial charge in [-0.15, -0.1) is 0 Å². The average Bonchev–Trinajstić information content (AvgIpc) is 2.19. The van der Waals surface area contributed by atoms with Crippen LogP contribution in [-0.4, -0.2) is 15.8 Å². The van der Waals surface area contributed by atoms with Crippen LogP contribution in [0.2, 0.25) is 0 Å². The van der Waals surface area contributed by atoms with Gasteiger partial charge in [-0.2, -0.15) is 0 Å². The number of rotatable bonds is 3. The number of carbonyl (C=O) groups excluding carboxylic acids is 1. The first-order valence-corrected chi connectivity index (χ1v) is 4.54. The molecule has 0 fully saturated rings. The van der Waals surface area contributed by atoms with Gasteiger partial charge in [0.15, 0.2) is 0 Å². The summed E-state index contributed by atoms with van der Waals surface area (Å²) in [4.78, 5) is 30.7. The normalized spacial score (nSPS) is 9.76. The van der Waals surface area contributed by atoms with Gasteiger partial charge in [0.05, 0.1) is 9.85 Å². The van der Waals surface area contributed by atoms with Crippen LogP contribution in [0.5, 0.6) is 0 Å². The first-order chi connectivity index (χ1) is 7.84. The van der Waals surface area contributed by atoms with E-state index in [1.54, 1.807) is 0 Å². The van der Waals surface area contributed by atoms with Crippen molar-refractivity contribution in [3.8, 4) is 0 Å². The molecule has 0 aliphatic rings. The molecule has 0 aliphatic carbocycles. The van der Waals surface area contributed by atoms with E-state index in [0.29, 0.717) is 5.56 Å². The van der Waals surface area contributed by atoms with Crippen LogP contribution in [0.4, 0.5) is 17.1 Å². The minimum Gasteiger partial charge on any atom is -0.320 e. The minimum atomic E-state index is -0.879. The number of nitro benzene ring substituents is 2. The van der Waals surface area contributed by atoms with Crippen LogP contribution < -0.4 is 5.32 Å². The molecule has 0 heterocycles. The Morgan fingerprint density at radius 1 is 1.24 bits per heavy atom. The molecule has 8 nitrogen and oxygen atoms in total. The molecule has 1 amide bonds. The highest BCUT2D eigenvalue weighted by Gasteiger charge is 2.30. The molecule has 0 unspecified atom stereocenters. The van der Waals surface area contributed by atoms with Gasteiger partial charge in [0.1, 0.15) is 5.69 Å². The molecular formula is C9H9N3O5. The summed E-state index contributed by atoms with van der Waals surface area (Å²) in [5.74, 6) is -0.531. The third kappa shape index (κ3) is 2.54. The van der Waals surface area contributed by atoms with Gasteiger partial charge in [-0.05, 0) is 18.6 Å². The Morgan fingerprint density at radius 3 is 2.24 bits per heavy atom. The molecule has 90 valence electrons. The molecule has 17 heavy (non-hydrogen) atoms. The topological polar surface area (TPSA) is 115 Å². The molecule has 1 aromatic rings. The second kappa shape index (κ2) is 4.56. The van der Waals surface area contributed by atoms with E-state index in [-0.39, 0.29) is 5.69 Å². The Labute approximate surface area is 95.5 Å². The maximum atomic E-state index is 10.9. The molecule has 1 aromatic carbocycles. The number of hydrogen-bond acceptors (Lipinski definition) is 5. The van der Waals surface area contributed by atoms with Crippen molar-refractivity contribution < 1.29 is 14.6 Å². The van der Waals surface area contributed by atoms with Gasteiger partial charge in [-0.3, -0.25) is 25.0 Å². The SMILES string of the molecule is CC(=O)Nc1c(C)ccc([N+](=O)[O-])c1[N+](=O)[O-]. The van der Waals surface area contributed by atoms with Gasteiger partial charge in [-0.1, -0.05) is 0 Å². The van der Waals surface area contributed by atoms with Crippen molar-refractivity contribution in [2.24, 2.45) is 0 Å². The molecule has 0 atom stereocenters. The van der Waals surface area contributed by atoms with E-state index in [1.165, 1.54) is 19.9 Å². The maximum absolute atomic E-state index is 10.9. The highest BCUT2D eigenvalue weighted by molar-refractivity contribution is 5.94. The number of aryl methyl sites for hydroxylation is 1. The third-order valence-corrected chi connectivity index (χ3v) is 2.05. The number of benzene rings is 1. The summed E-state index contributed by atoms with van der Waals surface area (Å²) in [6.45, 7) is 2.68. The Bertz CT molecular complexity index is 512. The van der Waals surface area contributed by atoms with Crippen molar-refractivity contribution in [2.45, 2.75) is 13.8 Å². The van der Waals surface area contributed by atoms with Crippen molar-refractivity contribution in [3.05, 3.63) is 37.9 Å². The number of nitrogens with one attached hydrogen (secondary N) is 1. The van der Waals surface area contributed by atoms with Gasteiger partial charge >= 0.3 is 11.4 Å². The van der Waals surface area contributed by atoms with Gasteiger partial charge in [0.2, 0.25) is 5.91 Å². The number of anilines is 1. The van der Waals surface area contributed by atoms with Crippen LogP contribution in [0.15, 0.2) is 12.1 Å². The lowest BCUT2D eigenvalue weighted by Gasteiger charge is -2.06. The molecule has 8 heteroatoms. The van der Waals surface area contributed by atoms with E-state index in [9.17, 15) is 25.0 Å². The summed E-state index contributed by atoms with van der Waals surface area (Å²) >= 11 is 0. The third-order valence-electron chi connectivity index (χ3n) is 2.05. The van der Waals surface area contributed by atoms with E-state index < -0.39 is 27.1 Å². The van der Waals surface area contributed by atoms with Crippen LogP contribution in [0.1, 0.15) is 12.5 Å². The summed E-state index contributed by atoms with van der Waals surface area (Å²) in [7, 11) is 0. The Kier molecular flexibility index (Phi) is 3.37. The van der Waals surface area contributed by atoms with Crippen molar-refractivity contribution in [1.29, 1.82) is 0 Å². The summed E-state index contributed by atoms with van der Waals surface area (Å²) < 4.78 is 0. The molecule has 1 rings (SSSR count).